The largest absolute Gasteiger partial charge is 0.370 e. The van der Waals surface area contributed by atoms with Gasteiger partial charge >= 0.3 is 0 Å². The fourth-order valence-electron chi connectivity index (χ4n) is 3.45. The van der Waals surface area contributed by atoms with Crippen LogP contribution in [0, 0.1) is 13.8 Å². The second-order valence-electron chi connectivity index (χ2n) is 8.15. The summed E-state index contributed by atoms with van der Waals surface area (Å²) < 4.78 is 50.4. The van der Waals surface area contributed by atoms with E-state index >= 15 is 0 Å². The molecule has 11 heteroatoms. The maximum absolute atomic E-state index is 12.4. The summed E-state index contributed by atoms with van der Waals surface area (Å²) in [6.45, 7) is 4.88. The molecular weight excluding hydrogens is 474 g/mol. The number of hydrogen-bond acceptors (Lipinski definition) is 8. The van der Waals surface area contributed by atoms with Crippen LogP contribution in [0.2, 0.25) is 0 Å². The summed E-state index contributed by atoms with van der Waals surface area (Å²) in [4.78, 5) is 8.66. The molecule has 0 radical (unpaired) electrons. The summed E-state index contributed by atoms with van der Waals surface area (Å²) in [5.74, 6) is 0.780. The van der Waals surface area contributed by atoms with Crippen LogP contribution in [0.25, 0.3) is 11.3 Å². The van der Waals surface area contributed by atoms with E-state index in [-0.39, 0.29) is 22.3 Å². The van der Waals surface area contributed by atoms with E-state index in [1.54, 1.807) is 0 Å². The molecule has 0 bridgehead atoms. The average molecular weight is 504 g/mol. The summed E-state index contributed by atoms with van der Waals surface area (Å²) in [6.07, 6.45) is 2.36. The Labute approximate surface area is 200 Å². The predicted octanol–water partition coefficient (Wildman–Crippen LogP) is 2.92. The van der Waals surface area contributed by atoms with E-state index in [9.17, 15) is 16.8 Å². The number of nitrogens with one attached hydrogen (secondary N) is 2. The lowest BCUT2D eigenvalue weighted by Crippen LogP contribution is -2.25. The van der Waals surface area contributed by atoms with Crippen molar-refractivity contribution in [1.29, 1.82) is 0 Å². The van der Waals surface area contributed by atoms with Gasteiger partial charge in [-0.05, 0) is 63.1 Å². The molecule has 1 aromatic heterocycles. The first-order valence-corrected chi connectivity index (χ1v) is 14.1. The van der Waals surface area contributed by atoms with Crippen LogP contribution in [-0.2, 0) is 19.9 Å². The van der Waals surface area contributed by atoms with Crippen molar-refractivity contribution < 1.29 is 16.8 Å². The van der Waals surface area contributed by atoms with Crippen LogP contribution in [0.3, 0.4) is 0 Å². The second-order valence-corrected chi connectivity index (χ2v) is 11.9. The lowest BCUT2D eigenvalue weighted by Gasteiger charge is -2.10. The highest BCUT2D eigenvalue weighted by Crippen LogP contribution is 2.23. The van der Waals surface area contributed by atoms with Crippen LogP contribution in [0.5, 0.6) is 0 Å². The van der Waals surface area contributed by atoms with Gasteiger partial charge in [-0.1, -0.05) is 17.2 Å². The molecule has 0 amide bonds. The fourth-order valence-corrected chi connectivity index (χ4v) is 5.15. The van der Waals surface area contributed by atoms with Crippen LogP contribution in [0.15, 0.2) is 58.3 Å². The fraction of sp³-hybridized carbons (Fsp3) is 0.304. The molecule has 2 aromatic carbocycles. The van der Waals surface area contributed by atoms with Crippen molar-refractivity contribution >= 4 is 31.6 Å². The van der Waals surface area contributed by atoms with Crippen LogP contribution in [0.4, 0.5) is 11.8 Å². The molecule has 0 aliphatic heterocycles. The number of benzene rings is 2. The van der Waals surface area contributed by atoms with Gasteiger partial charge in [0.05, 0.1) is 15.5 Å². The number of aryl methyl sites for hydroxylation is 2. The van der Waals surface area contributed by atoms with Gasteiger partial charge in [0.25, 0.3) is 0 Å². The number of hydrogen-bond donors (Lipinski definition) is 3. The minimum absolute atomic E-state index is 0.0217. The highest BCUT2D eigenvalue weighted by Gasteiger charge is 2.15. The third kappa shape index (κ3) is 6.99. The zero-order chi connectivity index (χ0) is 24.9. The highest BCUT2D eigenvalue weighted by atomic mass is 32.2. The number of sulfonamides is 1. The van der Waals surface area contributed by atoms with Crippen molar-refractivity contribution in [2.75, 3.05) is 30.4 Å². The third-order valence-electron chi connectivity index (χ3n) is 5.02. The number of nitrogens with two attached hydrogens (primary N) is 1. The molecule has 0 spiro atoms. The van der Waals surface area contributed by atoms with Crippen LogP contribution < -0.4 is 15.8 Å². The average Bonchev–Trinajstić information content (AvgIpc) is 2.74. The molecule has 3 aromatic rings. The molecule has 3 rings (SSSR count). The number of unbranched alkanes of at least 4 members (excludes halogenated alkanes) is 1. The minimum atomic E-state index is -3.71. The van der Waals surface area contributed by atoms with Gasteiger partial charge < -0.3 is 11.1 Å². The Morgan fingerprint density at radius 3 is 2.03 bits per heavy atom. The Hall–Kier alpha value is -3.02. The summed E-state index contributed by atoms with van der Waals surface area (Å²) in [5, 5.41) is 3.21. The van der Waals surface area contributed by atoms with Crippen molar-refractivity contribution in [1.82, 2.24) is 14.7 Å². The molecule has 0 saturated carbocycles. The number of nitrogen functional groups attached to an aromatic ring is 1. The van der Waals surface area contributed by atoms with Gasteiger partial charge in [-0.3, -0.25) is 0 Å². The Morgan fingerprint density at radius 2 is 1.41 bits per heavy atom. The molecular formula is C23H29N5O4S2. The van der Waals surface area contributed by atoms with Crippen LogP contribution in [0.1, 0.15) is 24.0 Å². The first-order valence-electron chi connectivity index (χ1n) is 10.7. The van der Waals surface area contributed by atoms with Gasteiger partial charge in [0.1, 0.15) is 5.82 Å². The molecule has 0 aliphatic rings. The molecule has 4 N–H and O–H groups in total. The molecule has 9 nitrogen and oxygen atoms in total. The van der Waals surface area contributed by atoms with Crippen molar-refractivity contribution in [3.05, 3.63) is 59.7 Å². The standard InChI is InChI=1S/C23H29N5O4S2/c1-16-12-17(2)14-18(13-16)21-15-22(28-23(24)27-21)25-10-4-5-11-26-34(31,32)20-8-6-19(7-9-20)33(3,29)30/h6-9,12-15,26H,4-5,10-11H2,1-3H3,(H3,24,25,27,28). The van der Waals surface area contributed by atoms with Gasteiger partial charge in [-0.25, -0.2) is 26.5 Å². The first kappa shape index (κ1) is 25.6. The molecule has 0 atom stereocenters. The van der Waals surface area contributed by atoms with Gasteiger partial charge in [0.2, 0.25) is 16.0 Å². The number of anilines is 2. The molecule has 0 unspecified atom stereocenters. The molecule has 0 fully saturated rings. The zero-order valence-corrected chi connectivity index (χ0v) is 21.0. The predicted molar refractivity (Wildman–Crippen MR) is 134 cm³/mol. The van der Waals surface area contributed by atoms with Gasteiger partial charge in [-0.2, -0.15) is 4.98 Å². The first-order chi connectivity index (χ1) is 15.9. The summed E-state index contributed by atoms with van der Waals surface area (Å²) in [5.41, 5.74) is 9.86. The Kier molecular flexibility index (Phi) is 7.90. The van der Waals surface area contributed by atoms with Crippen molar-refractivity contribution in [2.24, 2.45) is 0 Å². The number of aromatic nitrogens is 2. The quantitative estimate of drug-likeness (QED) is 0.358. The lowest BCUT2D eigenvalue weighted by atomic mass is 10.0. The number of nitrogens with zero attached hydrogens (tertiary/aromatic N) is 2. The summed E-state index contributed by atoms with van der Waals surface area (Å²) >= 11 is 0. The maximum atomic E-state index is 12.4. The van der Waals surface area contributed by atoms with Gasteiger partial charge in [-0.15, -0.1) is 0 Å². The second kappa shape index (κ2) is 10.5. The van der Waals surface area contributed by atoms with Crippen LogP contribution in [-0.4, -0.2) is 46.1 Å². The Bertz CT molecular complexity index is 1350. The van der Waals surface area contributed by atoms with E-state index in [0.717, 1.165) is 28.6 Å². The van der Waals surface area contributed by atoms with Crippen molar-refractivity contribution in [2.45, 2.75) is 36.5 Å². The van der Waals surface area contributed by atoms with E-state index < -0.39 is 19.9 Å². The molecule has 0 aliphatic carbocycles. The molecule has 182 valence electrons. The zero-order valence-electron chi connectivity index (χ0n) is 19.4. The molecule has 34 heavy (non-hydrogen) atoms. The highest BCUT2D eigenvalue weighted by molar-refractivity contribution is 7.90. The van der Waals surface area contributed by atoms with E-state index in [4.69, 9.17) is 5.73 Å². The van der Waals surface area contributed by atoms with Crippen molar-refractivity contribution in [3.63, 3.8) is 0 Å². The summed E-state index contributed by atoms with van der Waals surface area (Å²) in [6, 6.07) is 13.2. The SMILES string of the molecule is Cc1cc(C)cc(-c2cc(NCCCCNS(=O)(=O)c3ccc(S(C)(=O)=O)cc3)nc(N)n2)c1. The third-order valence-corrected chi connectivity index (χ3v) is 7.63. The number of sulfone groups is 1. The molecule has 0 saturated heterocycles. The van der Waals surface area contributed by atoms with Gasteiger partial charge in [0.15, 0.2) is 9.84 Å². The number of rotatable bonds is 10. The molecule has 1 heterocycles. The maximum Gasteiger partial charge on any atom is 0.240 e. The smallest absolute Gasteiger partial charge is 0.240 e. The lowest BCUT2D eigenvalue weighted by molar-refractivity contribution is 0.577. The van der Waals surface area contributed by atoms with E-state index in [1.165, 1.54) is 24.3 Å². The van der Waals surface area contributed by atoms with Crippen LogP contribution >= 0.6 is 0 Å². The normalized spacial score (nSPS) is 12.0. The Morgan fingerprint density at radius 1 is 0.824 bits per heavy atom. The Balaban J connectivity index is 1.51. The van der Waals surface area contributed by atoms with E-state index in [2.05, 4.69) is 26.1 Å². The topological polar surface area (TPSA) is 144 Å². The van der Waals surface area contributed by atoms with Gasteiger partial charge in [0, 0.05) is 31.0 Å². The minimum Gasteiger partial charge on any atom is -0.370 e. The summed E-state index contributed by atoms with van der Waals surface area (Å²) in [7, 11) is -7.09. The van der Waals surface area contributed by atoms with E-state index in [0.29, 0.717) is 25.2 Å². The van der Waals surface area contributed by atoms with E-state index in [1.807, 2.05) is 32.0 Å². The van der Waals surface area contributed by atoms with Crippen molar-refractivity contribution in [3.8, 4) is 11.3 Å². The monoisotopic (exact) mass is 503 g/mol.